The normalized spacial score (nSPS) is 18.0. The smallest absolute Gasteiger partial charge is 0.236 e. The maximum Gasteiger partial charge on any atom is 0.236 e. The molecule has 1 amide bonds. The molecule has 0 unspecified atom stereocenters. The number of halogens is 1. The average Bonchev–Trinajstić information content (AvgIpc) is 3.23. The number of ether oxygens (including phenoxy) is 2. The number of nitrogens with one attached hydrogen (secondary N) is 1. The molecule has 4 heterocycles. The molecule has 2 fully saturated rings. The van der Waals surface area contributed by atoms with Crippen LogP contribution in [0.3, 0.4) is 0 Å². The Morgan fingerprint density at radius 1 is 1.15 bits per heavy atom. The van der Waals surface area contributed by atoms with Crippen molar-refractivity contribution in [2.24, 2.45) is 0 Å². The summed E-state index contributed by atoms with van der Waals surface area (Å²) < 4.78 is 24.7. The summed E-state index contributed by atoms with van der Waals surface area (Å²) in [6, 6.07) is 8.59. The van der Waals surface area contributed by atoms with Crippen molar-refractivity contribution < 1.29 is 18.7 Å². The highest BCUT2D eigenvalue weighted by atomic mass is 19.1. The topological polar surface area (TPSA) is 70.7 Å². The van der Waals surface area contributed by atoms with E-state index in [1.807, 2.05) is 11.0 Å². The van der Waals surface area contributed by atoms with Gasteiger partial charge in [-0.15, -0.1) is 0 Å². The van der Waals surface area contributed by atoms with E-state index in [4.69, 9.17) is 9.47 Å². The van der Waals surface area contributed by atoms with Gasteiger partial charge in [-0.25, -0.2) is 9.37 Å². The van der Waals surface area contributed by atoms with Gasteiger partial charge in [0.15, 0.2) is 0 Å². The summed E-state index contributed by atoms with van der Waals surface area (Å²) in [7, 11) is 3.28. The largest absolute Gasteiger partial charge is 0.496 e. The van der Waals surface area contributed by atoms with E-state index in [0.717, 1.165) is 48.2 Å². The number of carbonyl (C=O) groups excluding carboxylic acids is 1. The van der Waals surface area contributed by atoms with E-state index in [0.29, 0.717) is 36.9 Å². The fraction of sp³-hybridized carbons (Fsp3) is 0.440. The van der Waals surface area contributed by atoms with Crippen molar-refractivity contribution in [3.8, 4) is 16.9 Å². The second-order valence-electron chi connectivity index (χ2n) is 8.90. The number of benzene rings is 1. The molecule has 1 N–H and O–H groups in total. The lowest BCUT2D eigenvalue weighted by Crippen LogP contribution is -2.57. The van der Waals surface area contributed by atoms with Gasteiger partial charge in [-0.05, 0) is 61.8 Å². The molecule has 8 heteroatoms. The summed E-state index contributed by atoms with van der Waals surface area (Å²) in [5.74, 6) is 0.882. The third-order valence-electron chi connectivity index (χ3n) is 6.92. The van der Waals surface area contributed by atoms with Gasteiger partial charge in [0.25, 0.3) is 0 Å². The number of nitrogens with zero attached hydrogens (tertiary/aromatic N) is 3. The predicted molar refractivity (Wildman–Crippen MR) is 124 cm³/mol. The van der Waals surface area contributed by atoms with Gasteiger partial charge < -0.3 is 19.4 Å². The van der Waals surface area contributed by atoms with E-state index in [-0.39, 0.29) is 17.8 Å². The number of amides is 1. The number of carbonyl (C=O) groups is 1. The highest BCUT2D eigenvalue weighted by molar-refractivity contribution is 5.95. The summed E-state index contributed by atoms with van der Waals surface area (Å²) in [5.41, 5.74) is 3.53. The molecule has 2 aliphatic rings. The van der Waals surface area contributed by atoms with E-state index in [1.165, 1.54) is 12.1 Å². The molecule has 7 nitrogen and oxygen atoms in total. The Kier molecular flexibility index (Phi) is 6.03. The number of fused-ring (bicyclic) bond motifs is 1. The minimum absolute atomic E-state index is 0.185. The quantitative estimate of drug-likeness (QED) is 0.621. The van der Waals surface area contributed by atoms with Crippen LogP contribution in [0.1, 0.15) is 24.5 Å². The summed E-state index contributed by atoms with van der Waals surface area (Å²) in [4.78, 5) is 24.5. The van der Waals surface area contributed by atoms with Crippen molar-refractivity contribution >= 4 is 16.9 Å². The minimum atomic E-state index is -0.301. The van der Waals surface area contributed by atoms with Crippen molar-refractivity contribution in [2.75, 3.05) is 46.9 Å². The van der Waals surface area contributed by atoms with Crippen LogP contribution in [-0.4, -0.2) is 78.7 Å². The monoisotopic (exact) mass is 452 g/mol. The summed E-state index contributed by atoms with van der Waals surface area (Å²) >= 11 is 0. The van der Waals surface area contributed by atoms with Gasteiger partial charge in [-0.3, -0.25) is 9.69 Å². The first kappa shape index (κ1) is 21.9. The van der Waals surface area contributed by atoms with Crippen molar-refractivity contribution in [1.82, 2.24) is 19.8 Å². The molecule has 2 aromatic heterocycles. The van der Waals surface area contributed by atoms with Crippen LogP contribution in [-0.2, 0) is 9.53 Å². The number of aromatic nitrogens is 2. The molecule has 2 aliphatic heterocycles. The molecule has 174 valence electrons. The highest BCUT2D eigenvalue weighted by Gasteiger charge is 2.32. The van der Waals surface area contributed by atoms with Crippen LogP contribution in [0.5, 0.6) is 5.75 Å². The van der Waals surface area contributed by atoms with E-state index in [1.54, 1.807) is 26.5 Å². The number of rotatable bonds is 6. The molecule has 0 radical (unpaired) electrons. The van der Waals surface area contributed by atoms with Gasteiger partial charge in [0.1, 0.15) is 17.2 Å². The zero-order valence-electron chi connectivity index (χ0n) is 19.0. The molecule has 33 heavy (non-hydrogen) atoms. The number of hydrogen-bond acceptors (Lipinski definition) is 5. The zero-order valence-corrected chi connectivity index (χ0v) is 19.0. The van der Waals surface area contributed by atoms with E-state index in [9.17, 15) is 9.18 Å². The van der Waals surface area contributed by atoms with Gasteiger partial charge in [-0.1, -0.05) is 0 Å². The summed E-state index contributed by atoms with van der Waals surface area (Å²) in [5, 5.41) is 0.958. The van der Waals surface area contributed by atoms with Crippen LogP contribution >= 0.6 is 0 Å². The van der Waals surface area contributed by atoms with Crippen LogP contribution in [0, 0.1) is 5.82 Å². The third-order valence-corrected chi connectivity index (χ3v) is 6.92. The second-order valence-corrected chi connectivity index (χ2v) is 8.90. The second kappa shape index (κ2) is 9.11. The number of piperidine rings is 1. The first-order valence-corrected chi connectivity index (χ1v) is 11.4. The third kappa shape index (κ3) is 4.32. The van der Waals surface area contributed by atoms with E-state index in [2.05, 4.69) is 20.9 Å². The molecule has 0 aliphatic carbocycles. The number of likely N-dealkylation sites (tertiary alicyclic amines) is 2. The lowest BCUT2D eigenvalue weighted by atomic mass is 9.93. The van der Waals surface area contributed by atoms with Crippen LogP contribution in [0.15, 0.2) is 36.5 Å². The number of pyridine rings is 1. The molecule has 0 atom stereocenters. The van der Waals surface area contributed by atoms with Crippen molar-refractivity contribution in [3.63, 3.8) is 0 Å². The average molecular weight is 453 g/mol. The Labute approximate surface area is 192 Å². The SMILES string of the molecule is COc1ccc(F)cc1-c1ccnc2[nH]c(C3CCN(CC(=O)N4CC(OC)C4)CC3)cc12. The lowest BCUT2D eigenvalue weighted by molar-refractivity contribution is -0.144. The predicted octanol–water partition coefficient (Wildman–Crippen LogP) is 3.41. The molecule has 5 rings (SSSR count). The molecule has 2 saturated heterocycles. The van der Waals surface area contributed by atoms with E-state index < -0.39 is 0 Å². The number of H-pyrrole nitrogens is 1. The molecule has 0 bridgehead atoms. The van der Waals surface area contributed by atoms with Gasteiger partial charge in [0, 0.05) is 49.0 Å². The van der Waals surface area contributed by atoms with Crippen LogP contribution in [0.2, 0.25) is 0 Å². The van der Waals surface area contributed by atoms with E-state index >= 15 is 0 Å². The Hall–Kier alpha value is -2.97. The molecule has 0 spiro atoms. The minimum Gasteiger partial charge on any atom is -0.496 e. The van der Waals surface area contributed by atoms with Gasteiger partial charge in [-0.2, -0.15) is 0 Å². The number of hydrogen-bond donors (Lipinski definition) is 1. The Morgan fingerprint density at radius 3 is 2.67 bits per heavy atom. The van der Waals surface area contributed by atoms with Gasteiger partial charge in [0.05, 0.1) is 19.8 Å². The standard InChI is InChI=1S/C25H29FN4O3/c1-32-18-13-30(14-18)24(31)15-29-9-6-16(7-10-29)22-12-21-19(5-8-27-25(21)28-22)20-11-17(26)3-4-23(20)33-2/h3-5,8,11-12,16,18H,6-7,9-10,13-15H2,1-2H3,(H,27,28). The number of aromatic amines is 1. The van der Waals surface area contributed by atoms with Crippen LogP contribution < -0.4 is 4.74 Å². The molecular formula is C25H29FN4O3. The highest BCUT2D eigenvalue weighted by Crippen LogP contribution is 2.37. The molecular weight excluding hydrogens is 423 g/mol. The van der Waals surface area contributed by atoms with Gasteiger partial charge in [0.2, 0.25) is 5.91 Å². The Balaban J connectivity index is 1.29. The van der Waals surface area contributed by atoms with Crippen molar-refractivity contribution in [1.29, 1.82) is 0 Å². The number of methoxy groups -OCH3 is 2. The fourth-order valence-electron chi connectivity index (χ4n) is 4.88. The molecule has 1 aromatic carbocycles. The van der Waals surface area contributed by atoms with Crippen molar-refractivity contribution in [3.05, 3.63) is 48.0 Å². The first-order chi connectivity index (χ1) is 16.1. The summed E-state index contributed by atoms with van der Waals surface area (Å²) in [6.45, 7) is 3.64. The Bertz CT molecular complexity index is 1150. The summed E-state index contributed by atoms with van der Waals surface area (Å²) in [6.07, 6.45) is 3.87. The zero-order chi connectivity index (χ0) is 22.9. The molecule has 3 aromatic rings. The maximum atomic E-state index is 14.0. The van der Waals surface area contributed by atoms with Gasteiger partial charge >= 0.3 is 0 Å². The lowest BCUT2D eigenvalue weighted by Gasteiger charge is -2.40. The van der Waals surface area contributed by atoms with Crippen LogP contribution in [0.25, 0.3) is 22.2 Å². The first-order valence-electron chi connectivity index (χ1n) is 11.4. The van der Waals surface area contributed by atoms with Crippen LogP contribution in [0.4, 0.5) is 4.39 Å². The maximum absolute atomic E-state index is 14.0. The fourth-order valence-corrected chi connectivity index (χ4v) is 4.88. The van der Waals surface area contributed by atoms with Crippen molar-refractivity contribution in [2.45, 2.75) is 24.9 Å². The Morgan fingerprint density at radius 2 is 1.94 bits per heavy atom. The molecule has 0 saturated carbocycles.